The van der Waals surface area contributed by atoms with Crippen LogP contribution in [-0.2, 0) is 9.09 Å². The standard InChI is InChI=1S/C17H37O4P/c1-2-3-4-5-6-7-8-9-10-11-12-13-14-15-16-17-21-22(18,19)20/h2-17H2,1H3,(H2,18,19,20). The van der Waals surface area contributed by atoms with Gasteiger partial charge in [-0.05, 0) is 6.42 Å². The Morgan fingerprint density at radius 2 is 0.955 bits per heavy atom. The first-order chi connectivity index (χ1) is 10.6. The van der Waals surface area contributed by atoms with E-state index < -0.39 is 7.82 Å². The van der Waals surface area contributed by atoms with Gasteiger partial charge in [0.15, 0.2) is 0 Å². The lowest BCUT2D eigenvalue weighted by atomic mass is 10.0. The van der Waals surface area contributed by atoms with Gasteiger partial charge in [0.2, 0.25) is 0 Å². The molecule has 2 N–H and O–H groups in total. The van der Waals surface area contributed by atoms with Gasteiger partial charge >= 0.3 is 7.82 Å². The van der Waals surface area contributed by atoms with E-state index in [0.29, 0.717) is 0 Å². The van der Waals surface area contributed by atoms with Crippen LogP contribution < -0.4 is 0 Å². The monoisotopic (exact) mass is 336 g/mol. The zero-order chi connectivity index (χ0) is 16.5. The van der Waals surface area contributed by atoms with Crippen LogP contribution in [0.2, 0.25) is 0 Å². The van der Waals surface area contributed by atoms with Crippen molar-refractivity contribution in [3.63, 3.8) is 0 Å². The molecule has 0 aromatic carbocycles. The quantitative estimate of drug-likeness (QED) is 0.254. The summed E-state index contributed by atoms with van der Waals surface area (Å²) in [4.78, 5) is 17.0. The minimum Gasteiger partial charge on any atom is -0.303 e. The van der Waals surface area contributed by atoms with Crippen molar-refractivity contribution in [2.75, 3.05) is 6.61 Å². The van der Waals surface area contributed by atoms with E-state index in [0.717, 1.165) is 19.3 Å². The summed E-state index contributed by atoms with van der Waals surface area (Å²) in [6.07, 6.45) is 19.2. The lowest BCUT2D eigenvalue weighted by Crippen LogP contribution is -1.92. The molecule has 0 saturated heterocycles. The van der Waals surface area contributed by atoms with Crippen molar-refractivity contribution < 1.29 is 18.9 Å². The first-order valence-electron chi connectivity index (χ1n) is 9.26. The maximum Gasteiger partial charge on any atom is 0.469 e. The zero-order valence-electron chi connectivity index (χ0n) is 14.5. The van der Waals surface area contributed by atoms with Crippen LogP contribution in [0, 0.1) is 0 Å². The molecule has 0 rings (SSSR count). The van der Waals surface area contributed by atoms with Gasteiger partial charge < -0.3 is 9.79 Å². The third-order valence-electron chi connectivity index (χ3n) is 4.01. The van der Waals surface area contributed by atoms with Crippen LogP contribution in [0.5, 0.6) is 0 Å². The Balaban J connectivity index is 3.01. The van der Waals surface area contributed by atoms with E-state index in [-0.39, 0.29) is 6.61 Å². The first-order valence-corrected chi connectivity index (χ1v) is 10.8. The van der Waals surface area contributed by atoms with Crippen LogP contribution in [0.1, 0.15) is 103 Å². The molecule has 0 aliphatic carbocycles. The van der Waals surface area contributed by atoms with Gasteiger partial charge in [0.1, 0.15) is 0 Å². The van der Waals surface area contributed by atoms with E-state index in [1.54, 1.807) is 0 Å². The summed E-state index contributed by atoms with van der Waals surface area (Å²) < 4.78 is 14.9. The van der Waals surface area contributed by atoms with Crippen molar-refractivity contribution >= 4 is 7.82 Å². The normalized spacial score (nSPS) is 12.0. The third kappa shape index (κ3) is 20.1. The molecule has 0 aliphatic heterocycles. The van der Waals surface area contributed by atoms with Crippen molar-refractivity contribution in [1.29, 1.82) is 0 Å². The molecule has 0 saturated carbocycles. The van der Waals surface area contributed by atoms with Crippen molar-refractivity contribution in [3.05, 3.63) is 0 Å². The van der Waals surface area contributed by atoms with Gasteiger partial charge in [-0.1, -0.05) is 96.8 Å². The maximum atomic E-state index is 10.5. The van der Waals surface area contributed by atoms with E-state index in [9.17, 15) is 4.57 Å². The Hall–Kier alpha value is 0.110. The minimum absolute atomic E-state index is 0.169. The van der Waals surface area contributed by atoms with E-state index in [1.807, 2.05) is 0 Å². The van der Waals surface area contributed by atoms with Crippen LogP contribution in [-0.4, -0.2) is 16.4 Å². The highest BCUT2D eigenvalue weighted by Crippen LogP contribution is 2.35. The fourth-order valence-corrected chi connectivity index (χ4v) is 3.02. The summed E-state index contributed by atoms with van der Waals surface area (Å²) in [6.45, 7) is 2.43. The van der Waals surface area contributed by atoms with E-state index in [4.69, 9.17) is 9.79 Å². The van der Waals surface area contributed by atoms with E-state index in [2.05, 4.69) is 11.4 Å². The van der Waals surface area contributed by atoms with E-state index in [1.165, 1.54) is 77.0 Å². The number of rotatable bonds is 17. The highest BCUT2D eigenvalue weighted by Gasteiger charge is 2.12. The fourth-order valence-electron chi connectivity index (χ4n) is 2.66. The van der Waals surface area contributed by atoms with Gasteiger partial charge in [0, 0.05) is 0 Å². The second-order valence-electron chi connectivity index (χ2n) is 6.27. The molecule has 22 heavy (non-hydrogen) atoms. The molecule has 0 aliphatic rings. The molecule has 0 aromatic rings. The number of phosphoric acid groups is 1. The molecule has 5 heteroatoms. The number of phosphoric ester groups is 1. The predicted molar refractivity (Wildman–Crippen MR) is 92.9 cm³/mol. The van der Waals surface area contributed by atoms with Crippen molar-refractivity contribution in [3.8, 4) is 0 Å². The number of hydrogen-bond donors (Lipinski definition) is 2. The molecular formula is C17H37O4P. The van der Waals surface area contributed by atoms with Crippen molar-refractivity contribution in [1.82, 2.24) is 0 Å². The number of unbranched alkanes of at least 4 members (excludes halogenated alkanes) is 14. The first kappa shape index (κ1) is 22.1. The largest absolute Gasteiger partial charge is 0.469 e. The Morgan fingerprint density at radius 1 is 0.636 bits per heavy atom. The molecule has 0 unspecified atom stereocenters. The maximum absolute atomic E-state index is 10.5. The van der Waals surface area contributed by atoms with E-state index >= 15 is 0 Å². The van der Waals surface area contributed by atoms with Crippen molar-refractivity contribution in [2.45, 2.75) is 103 Å². The molecule has 0 radical (unpaired) electrons. The fraction of sp³-hybridized carbons (Fsp3) is 1.00. The molecule has 0 aromatic heterocycles. The van der Waals surface area contributed by atoms with Gasteiger partial charge in [-0.25, -0.2) is 4.57 Å². The molecular weight excluding hydrogens is 299 g/mol. The summed E-state index contributed by atoms with van der Waals surface area (Å²) >= 11 is 0. The summed E-state index contributed by atoms with van der Waals surface area (Å²) in [5, 5.41) is 0. The molecule has 0 amide bonds. The van der Waals surface area contributed by atoms with Crippen LogP contribution in [0.15, 0.2) is 0 Å². The zero-order valence-corrected chi connectivity index (χ0v) is 15.4. The molecule has 0 fully saturated rings. The van der Waals surface area contributed by atoms with Gasteiger partial charge in [-0.15, -0.1) is 0 Å². The second kappa shape index (κ2) is 16.0. The molecule has 134 valence electrons. The Labute approximate surface area is 137 Å². The van der Waals surface area contributed by atoms with Crippen LogP contribution in [0.25, 0.3) is 0 Å². The average molecular weight is 336 g/mol. The second-order valence-corrected chi connectivity index (χ2v) is 7.51. The van der Waals surface area contributed by atoms with Gasteiger partial charge in [-0.2, -0.15) is 0 Å². The molecule has 0 atom stereocenters. The Kier molecular flexibility index (Phi) is 16.1. The molecule has 4 nitrogen and oxygen atoms in total. The summed E-state index contributed by atoms with van der Waals surface area (Å²) in [6, 6.07) is 0. The molecule has 0 spiro atoms. The third-order valence-corrected chi connectivity index (χ3v) is 4.53. The molecule has 0 bridgehead atoms. The summed E-state index contributed by atoms with van der Waals surface area (Å²) in [5.74, 6) is 0. The highest BCUT2D eigenvalue weighted by molar-refractivity contribution is 7.46. The predicted octanol–water partition coefficient (Wildman–Crippen LogP) is 5.97. The van der Waals surface area contributed by atoms with Crippen molar-refractivity contribution in [2.24, 2.45) is 0 Å². The van der Waals surface area contributed by atoms with Crippen LogP contribution in [0.4, 0.5) is 0 Å². The average Bonchev–Trinajstić information content (AvgIpc) is 2.45. The smallest absolute Gasteiger partial charge is 0.303 e. The number of hydrogen-bond acceptors (Lipinski definition) is 2. The highest BCUT2D eigenvalue weighted by atomic mass is 31.2. The van der Waals surface area contributed by atoms with Crippen LogP contribution >= 0.6 is 7.82 Å². The van der Waals surface area contributed by atoms with Crippen LogP contribution in [0.3, 0.4) is 0 Å². The lowest BCUT2D eigenvalue weighted by Gasteiger charge is -2.05. The Bertz CT molecular complexity index is 265. The summed E-state index contributed by atoms with van der Waals surface area (Å²) in [5.41, 5.74) is 0. The van der Waals surface area contributed by atoms with Gasteiger partial charge in [-0.3, -0.25) is 4.52 Å². The van der Waals surface area contributed by atoms with Gasteiger partial charge in [0.25, 0.3) is 0 Å². The minimum atomic E-state index is -4.25. The topological polar surface area (TPSA) is 66.8 Å². The lowest BCUT2D eigenvalue weighted by molar-refractivity contribution is 0.193. The Morgan fingerprint density at radius 3 is 1.27 bits per heavy atom. The SMILES string of the molecule is CCCCCCCCCCCCCCCCCOP(=O)(O)O. The molecule has 0 heterocycles. The van der Waals surface area contributed by atoms with Gasteiger partial charge in [0.05, 0.1) is 6.61 Å². The summed E-state index contributed by atoms with van der Waals surface area (Å²) in [7, 11) is -4.25.